The minimum Gasteiger partial charge on any atom is -0.494 e. The summed E-state index contributed by atoms with van der Waals surface area (Å²) in [6.45, 7) is 4.33. The maximum atomic E-state index is 12.4. The number of aryl methyl sites for hydroxylation is 1. The smallest absolute Gasteiger partial charge is 0.234 e. The number of para-hydroxylation sites is 1. The molecule has 0 aromatic heterocycles. The lowest BCUT2D eigenvalue weighted by Crippen LogP contribution is -2.31. The number of carbonyl (C=O) groups is 2. The number of hydrogen-bond acceptors (Lipinski definition) is 5. The van der Waals surface area contributed by atoms with E-state index in [1.807, 2.05) is 62.4 Å². The minimum atomic E-state index is -0.408. The van der Waals surface area contributed by atoms with Gasteiger partial charge in [-0.1, -0.05) is 42.1 Å². The van der Waals surface area contributed by atoms with Crippen molar-refractivity contribution in [3.05, 3.63) is 70.3 Å². The molecule has 3 rings (SSSR count). The van der Waals surface area contributed by atoms with Gasteiger partial charge >= 0.3 is 0 Å². The van der Waals surface area contributed by atoms with Crippen LogP contribution in [0, 0.1) is 18.3 Å². The summed E-state index contributed by atoms with van der Waals surface area (Å²) in [6.07, 6.45) is 0.159. The Labute approximate surface area is 180 Å². The van der Waals surface area contributed by atoms with Crippen molar-refractivity contribution in [3.8, 4) is 11.8 Å². The molecule has 0 spiro atoms. The first kappa shape index (κ1) is 21.5. The molecule has 7 heteroatoms. The quantitative estimate of drug-likeness (QED) is 0.702. The standard InChI is InChI=1S/C23H23N3O3S/c1-3-29-20-10-5-4-9-17(20)18-12-21(27)26-23(19(18)13-24)30-14-22(28)25-16-8-6-7-15(2)11-16/h4-11,18H,3,12,14H2,1-2H3,(H,25,28)(H,26,27). The van der Waals surface area contributed by atoms with E-state index in [0.717, 1.165) is 22.9 Å². The molecule has 2 aromatic rings. The lowest BCUT2D eigenvalue weighted by Gasteiger charge is -2.26. The molecule has 0 bridgehead atoms. The van der Waals surface area contributed by atoms with Crippen LogP contribution in [0.1, 0.15) is 30.4 Å². The Morgan fingerprint density at radius 3 is 2.83 bits per heavy atom. The molecule has 0 aliphatic carbocycles. The maximum absolute atomic E-state index is 12.4. The van der Waals surface area contributed by atoms with Crippen molar-refractivity contribution >= 4 is 29.3 Å². The summed E-state index contributed by atoms with van der Waals surface area (Å²) >= 11 is 1.16. The molecule has 6 nitrogen and oxygen atoms in total. The van der Waals surface area contributed by atoms with Crippen LogP contribution < -0.4 is 15.4 Å². The Hall–Kier alpha value is -3.24. The van der Waals surface area contributed by atoms with Crippen molar-refractivity contribution < 1.29 is 14.3 Å². The Kier molecular flexibility index (Phi) is 7.15. The van der Waals surface area contributed by atoms with E-state index >= 15 is 0 Å². The second-order valence-corrected chi connectivity index (χ2v) is 7.82. The third kappa shape index (κ3) is 5.22. The molecule has 0 saturated heterocycles. The number of nitrogens with zero attached hydrogens (tertiary/aromatic N) is 1. The summed E-state index contributed by atoms with van der Waals surface area (Å²) in [4.78, 5) is 24.7. The molecule has 2 aromatic carbocycles. The van der Waals surface area contributed by atoms with Crippen molar-refractivity contribution in [2.75, 3.05) is 17.7 Å². The predicted molar refractivity (Wildman–Crippen MR) is 118 cm³/mol. The Balaban J connectivity index is 1.79. The molecule has 1 aliphatic heterocycles. The van der Waals surface area contributed by atoms with E-state index < -0.39 is 5.92 Å². The summed E-state index contributed by atoms with van der Waals surface area (Å²) < 4.78 is 5.69. The van der Waals surface area contributed by atoms with Gasteiger partial charge in [0.2, 0.25) is 11.8 Å². The fourth-order valence-corrected chi connectivity index (χ4v) is 4.19. The van der Waals surface area contributed by atoms with Gasteiger partial charge in [-0.05, 0) is 37.6 Å². The Bertz CT molecular complexity index is 1030. The third-order valence-corrected chi connectivity index (χ3v) is 5.62. The first-order valence-corrected chi connectivity index (χ1v) is 10.7. The van der Waals surface area contributed by atoms with Gasteiger partial charge in [-0.3, -0.25) is 9.59 Å². The predicted octanol–water partition coefficient (Wildman–Crippen LogP) is 4.10. The number of hydrogen-bond donors (Lipinski definition) is 2. The van der Waals surface area contributed by atoms with Gasteiger partial charge in [0.1, 0.15) is 5.75 Å². The summed E-state index contributed by atoms with van der Waals surface area (Å²) in [5.74, 6) is -0.0645. The second-order valence-electron chi connectivity index (χ2n) is 6.84. The molecule has 1 atom stereocenters. The van der Waals surface area contributed by atoms with Crippen molar-refractivity contribution in [1.82, 2.24) is 5.32 Å². The normalized spacial score (nSPS) is 15.9. The largest absolute Gasteiger partial charge is 0.494 e. The highest BCUT2D eigenvalue weighted by molar-refractivity contribution is 8.03. The first-order valence-electron chi connectivity index (χ1n) is 9.67. The van der Waals surface area contributed by atoms with E-state index in [0.29, 0.717) is 28.6 Å². The van der Waals surface area contributed by atoms with Gasteiger partial charge in [0, 0.05) is 23.6 Å². The molecule has 1 unspecified atom stereocenters. The van der Waals surface area contributed by atoms with Gasteiger partial charge in [-0.15, -0.1) is 0 Å². The lowest BCUT2D eigenvalue weighted by molar-refractivity contribution is -0.121. The van der Waals surface area contributed by atoms with Gasteiger partial charge in [-0.2, -0.15) is 5.26 Å². The number of anilines is 1. The van der Waals surface area contributed by atoms with E-state index in [-0.39, 0.29) is 24.0 Å². The highest BCUT2D eigenvalue weighted by atomic mass is 32.2. The Morgan fingerprint density at radius 2 is 2.10 bits per heavy atom. The zero-order valence-electron chi connectivity index (χ0n) is 16.9. The monoisotopic (exact) mass is 421 g/mol. The number of allylic oxidation sites excluding steroid dienone is 1. The number of carbonyl (C=O) groups excluding carboxylic acids is 2. The lowest BCUT2D eigenvalue weighted by atomic mass is 9.86. The van der Waals surface area contributed by atoms with Crippen molar-refractivity contribution in [1.29, 1.82) is 5.26 Å². The van der Waals surface area contributed by atoms with Crippen molar-refractivity contribution in [3.63, 3.8) is 0 Å². The van der Waals surface area contributed by atoms with Crippen LogP contribution in [0.15, 0.2) is 59.1 Å². The minimum absolute atomic E-state index is 0.0779. The fraction of sp³-hybridized carbons (Fsp3) is 0.261. The number of nitrogens with one attached hydrogen (secondary N) is 2. The van der Waals surface area contributed by atoms with Gasteiger partial charge in [-0.25, -0.2) is 0 Å². The highest BCUT2D eigenvalue weighted by Crippen LogP contribution is 2.39. The molecule has 2 N–H and O–H groups in total. The Morgan fingerprint density at radius 1 is 1.30 bits per heavy atom. The third-order valence-electron chi connectivity index (χ3n) is 4.60. The average molecular weight is 422 g/mol. The SMILES string of the molecule is CCOc1ccccc1C1CC(=O)NC(SCC(=O)Nc2cccc(C)c2)=C1C#N. The molecule has 2 amide bonds. The second kappa shape index (κ2) is 9.99. The number of thioether (sulfide) groups is 1. The van der Waals surface area contributed by atoms with Crippen LogP contribution in [0.3, 0.4) is 0 Å². The highest BCUT2D eigenvalue weighted by Gasteiger charge is 2.31. The number of rotatable bonds is 7. The van der Waals surface area contributed by atoms with Crippen LogP contribution in [0.2, 0.25) is 0 Å². The molecule has 1 aliphatic rings. The topological polar surface area (TPSA) is 91.2 Å². The van der Waals surface area contributed by atoms with Crippen LogP contribution in [0.4, 0.5) is 5.69 Å². The summed E-state index contributed by atoms with van der Waals surface area (Å²) in [5.41, 5.74) is 3.00. The van der Waals surface area contributed by atoms with Gasteiger partial charge in [0.25, 0.3) is 0 Å². The van der Waals surface area contributed by atoms with Crippen LogP contribution >= 0.6 is 11.8 Å². The number of ether oxygens (including phenoxy) is 1. The molecule has 30 heavy (non-hydrogen) atoms. The molecule has 154 valence electrons. The number of nitriles is 1. The molecule has 1 heterocycles. The average Bonchev–Trinajstić information content (AvgIpc) is 2.72. The fourth-order valence-electron chi connectivity index (χ4n) is 3.31. The van der Waals surface area contributed by atoms with E-state index in [2.05, 4.69) is 16.7 Å². The van der Waals surface area contributed by atoms with Gasteiger partial charge in [0.15, 0.2) is 0 Å². The first-order chi connectivity index (χ1) is 14.5. The summed E-state index contributed by atoms with van der Waals surface area (Å²) in [6, 6.07) is 17.2. The van der Waals surface area contributed by atoms with E-state index in [4.69, 9.17) is 4.74 Å². The van der Waals surface area contributed by atoms with E-state index in [1.165, 1.54) is 0 Å². The van der Waals surface area contributed by atoms with E-state index in [1.54, 1.807) is 0 Å². The van der Waals surface area contributed by atoms with Crippen LogP contribution in [-0.4, -0.2) is 24.2 Å². The van der Waals surface area contributed by atoms with Gasteiger partial charge in [0.05, 0.1) is 29.0 Å². The zero-order valence-corrected chi connectivity index (χ0v) is 17.7. The molecular weight excluding hydrogens is 398 g/mol. The molecular formula is C23H23N3O3S. The van der Waals surface area contributed by atoms with Crippen LogP contribution in [-0.2, 0) is 9.59 Å². The summed E-state index contributed by atoms with van der Waals surface area (Å²) in [5, 5.41) is 15.8. The van der Waals surface area contributed by atoms with Crippen LogP contribution in [0.5, 0.6) is 5.75 Å². The number of benzene rings is 2. The van der Waals surface area contributed by atoms with Crippen molar-refractivity contribution in [2.45, 2.75) is 26.2 Å². The van der Waals surface area contributed by atoms with E-state index in [9.17, 15) is 14.9 Å². The molecule has 0 saturated carbocycles. The van der Waals surface area contributed by atoms with Crippen LogP contribution in [0.25, 0.3) is 0 Å². The van der Waals surface area contributed by atoms with Crippen molar-refractivity contribution in [2.24, 2.45) is 0 Å². The number of amides is 2. The maximum Gasteiger partial charge on any atom is 0.234 e. The summed E-state index contributed by atoms with van der Waals surface area (Å²) in [7, 11) is 0. The molecule has 0 fully saturated rings. The molecule has 0 radical (unpaired) electrons. The zero-order chi connectivity index (χ0) is 21.5. The van der Waals surface area contributed by atoms with Gasteiger partial charge < -0.3 is 15.4 Å².